The summed E-state index contributed by atoms with van der Waals surface area (Å²) in [4.78, 5) is 17.3. The Morgan fingerprint density at radius 2 is 2.67 bits per heavy atom. The van der Waals surface area contributed by atoms with Crippen LogP contribution in [0.4, 0.5) is 0 Å². The highest BCUT2D eigenvalue weighted by Gasteiger charge is 2.25. The lowest BCUT2D eigenvalue weighted by Crippen LogP contribution is -2.49. The molecule has 8 nitrogen and oxygen atoms in total. The molecule has 0 unspecified atom stereocenters. The number of rotatable bonds is 3. The zero-order chi connectivity index (χ0) is 15.6. The van der Waals surface area contributed by atoms with Gasteiger partial charge in [0.2, 0.25) is 0 Å². The van der Waals surface area contributed by atoms with Gasteiger partial charge in [-0.15, -0.1) is 11.3 Å². The van der Waals surface area contributed by atoms with Crippen LogP contribution in [0.1, 0.15) is 8.99 Å². The van der Waals surface area contributed by atoms with Crippen LogP contribution in [0.15, 0.2) is 11.3 Å². The van der Waals surface area contributed by atoms with Gasteiger partial charge in [-0.25, -0.2) is 15.1 Å². The predicted molar refractivity (Wildman–Crippen MR) is 65.7 cm³/mol. The molecular formula is C8H10ClN5O3S. The average Bonchev–Trinajstić information content (AvgIpc) is 2.75. The minimum atomic E-state index is -2.60. The highest BCUT2D eigenvalue weighted by Crippen LogP contribution is 2.20. The number of hydrogen-bond donors (Lipinski definition) is 0. The predicted octanol–water partition coefficient (Wildman–Crippen LogP) is 1.02. The van der Waals surface area contributed by atoms with Gasteiger partial charge in [-0.2, -0.15) is 0 Å². The molecule has 1 aliphatic heterocycles. The van der Waals surface area contributed by atoms with E-state index in [9.17, 15) is 10.1 Å². The first-order valence-corrected chi connectivity index (χ1v) is 5.90. The fourth-order valence-electron chi connectivity index (χ4n) is 1.38. The van der Waals surface area contributed by atoms with Crippen molar-refractivity contribution in [2.45, 2.75) is 6.54 Å². The number of hydrazone groups is 1. The Bertz CT molecular complexity index is 566. The first-order chi connectivity index (χ1) is 9.77. The third-order valence-corrected chi connectivity index (χ3v) is 3.13. The second-order valence-corrected chi connectivity index (χ2v) is 5.00. The van der Waals surface area contributed by atoms with E-state index in [4.69, 9.17) is 20.5 Å². The standard InChI is InChI=1S/C8H10ClN5O3S/c1-12-4-17-5-13(8(12)11-14(15)16)3-6-2-10-7(9)18-6/h2H,3-5H2,1H3/i1D3. The van der Waals surface area contributed by atoms with E-state index in [1.807, 2.05) is 0 Å². The van der Waals surface area contributed by atoms with E-state index in [1.54, 1.807) is 0 Å². The maximum Gasteiger partial charge on any atom is 0.277 e. The van der Waals surface area contributed by atoms with Crippen LogP contribution in [0.2, 0.25) is 4.47 Å². The summed E-state index contributed by atoms with van der Waals surface area (Å²) in [5, 5.41) is 12.9. The van der Waals surface area contributed by atoms with Gasteiger partial charge in [-0.05, 0) is 0 Å². The van der Waals surface area contributed by atoms with Crippen molar-refractivity contribution < 1.29 is 13.9 Å². The molecule has 98 valence electrons. The Labute approximate surface area is 116 Å². The summed E-state index contributed by atoms with van der Waals surface area (Å²) in [5.74, 6) is -0.282. The normalized spacial score (nSPS) is 21.6. The number of ether oxygens (including phenoxy) is 1. The number of aromatic nitrogens is 1. The molecule has 0 atom stereocenters. The van der Waals surface area contributed by atoms with Crippen LogP contribution in [0.3, 0.4) is 0 Å². The summed E-state index contributed by atoms with van der Waals surface area (Å²) in [7, 11) is 0. The number of halogens is 1. The van der Waals surface area contributed by atoms with Crippen molar-refractivity contribution in [2.24, 2.45) is 5.10 Å². The first-order valence-electron chi connectivity index (χ1n) is 6.21. The molecule has 2 heterocycles. The molecule has 0 amide bonds. The Kier molecular flexibility index (Phi) is 2.88. The summed E-state index contributed by atoms with van der Waals surface area (Å²) in [6.07, 6.45) is 1.51. The molecule has 0 aromatic carbocycles. The van der Waals surface area contributed by atoms with Crippen LogP contribution in [0.5, 0.6) is 0 Å². The van der Waals surface area contributed by atoms with E-state index in [1.165, 1.54) is 22.4 Å². The minimum absolute atomic E-state index is 0.0191. The molecule has 0 saturated carbocycles. The molecule has 1 aromatic heterocycles. The van der Waals surface area contributed by atoms with E-state index in [0.29, 0.717) is 9.34 Å². The van der Waals surface area contributed by atoms with Crippen molar-refractivity contribution >= 4 is 28.9 Å². The highest BCUT2D eigenvalue weighted by molar-refractivity contribution is 7.15. The molecule has 0 radical (unpaired) electrons. The zero-order valence-electron chi connectivity index (χ0n) is 11.9. The van der Waals surface area contributed by atoms with Gasteiger partial charge >= 0.3 is 0 Å². The van der Waals surface area contributed by atoms with Crippen molar-refractivity contribution in [2.75, 3.05) is 20.4 Å². The Morgan fingerprint density at radius 3 is 3.28 bits per heavy atom. The Balaban J connectivity index is 2.27. The van der Waals surface area contributed by atoms with Crippen LogP contribution < -0.4 is 0 Å². The molecule has 1 saturated heterocycles. The van der Waals surface area contributed by atoms with Crippen molar-refractivity contribution in [1.82, 2.24) is 14.8 Å². The molecule has 1 aromatic rings. The van der Waals surface area contributed by atoms with Gasteiger partial charge in [0.05, 0.1) is 6.54 Å². The summed E-state index contributed by atoms with van der Waals surface area (Å²) >= 11 is 6.90. The summed E-state index contributed by atoms with van der Waals surface area (Å²) in [5.41, 5.74) is 0. The molecule has 1 aliphatic rings. The topological polar surface area (TPSA) is 84.1 Å². The molecule has 1 fully saturated rings. The largest absolute Gasteiger partial charge is 0.341 e. The van der Waals surface area contributed by atoms with Gasteiger partial charge in [0.15, 0.2) is 9.50 Å². The van der Waals surface area contributed by atoms with Crippen LogP contribution >= 0.6 is 22.9 Å². The van der Waals surface area contributed by atoms with Crippen molar-refractivity contribution in [3.05, 3.63) is 25.7 Å². The van der Waals surface area contributed by atoms with Gasteiger partial charge in [-0.3, -0.25) is 0 Å². The van der Waals surface area contributed by atoms with Gasteiger partial charge in [0.1, 0.15) is 18.6 Å². The lowest BCUT2D eigenvalue weighted by molar-refractivity contribution is -0.486. The van der Waals surface area contributed by atoms with Crippen LogP contribution in [-0.4, -0.2) is 46.2 Å². The number of nitro groups is 1. The smallest absolute Gasteiger partial charge is 0.277 e. The van der Waals surface area contributed by atoms with E-state index in [2.05, 4.69) is 10.1 Å². The second kappa shape index (κ2) is 5.46. The average molecular weight is 295 g/mol. The SMILES string of the molecule is [2H]C([2H])([2H])N1COCN(Cc2cnc(Cl)s2)C1=N[N+](=O)[O-]. The molecule has 0 bridgehead atoms. The maximum atomic E-state index is 10.7. The van der Waals surface area contributed by atoms with Crippen LogP contribution in [-0.2, 0) is 11.3 Å². The van der Waals surface area contributed by atoms with Gasteiger partial charge < -0.3 is 14.5 Å². The molecular weight excluding hydrogens is 282 g/mol. The maximum absolute atomic E-state index is 10.7. The van der Waals surface area contributed by atoms with E-state index >= 15 is 0 Å². The number of hydrogen-bond acceptors (Lipinski definition) is 5. The fourth-order valence-corrected chi connectivity index (χ4v) is 2.37. The molecule has 18 heavy (non-hydrogen) atoms. The summed E-state index contributed by atoms with van der Waals surface area (Å²) < 4.78 is 27.7. The number of thiazole rings is 1. The van der Waals surface area contributed by atoms with Crippen LogP contribution in [0.25, 0.3) is 0 Å². The molecule has 10 heteroatoms. The van der Waals surface area contributed by atoms with E-state index < -0.39 is 12.0 Å². The lowest BCUT2D eigenvalue weighted by atomic mass is 10.5. The van der Waals surface area contributed by atoms with Gasteiger partial charge in [0, 0.05) is 22.2 Å². The number of guanidine groups is 1. The third-order valence-electron chi connectivity index (χ3n) is 2.03. The van der Waals surface area contributed by atoms with Gasteiger partial charge in [-0.1, -0.05) is 11.6 Å². The quantitative estimate of drug-likeness (QED) is 0.611. The van der Waals surface area contributed by atoms with Crippen molar-refractivity contribution in [3.8, 4) is 0 Å². The molecule has 0 aliphatic carbocycles. The third kappa shape index (κ3) is 3.06. The molecule has 0 spiro atoms. The lowest BCUT2D eigenvalue weighted by Gasteiger charge is -2.34. The van der Waals surface area contributed by atoms with Gasteiger partial charge in [0.25, 0.3) is 5.96 Å². The monoisotopic (exact) mass is 294 g/mol. The minimum Gasteiger partial charge on any atom is -0.341 e. The first kappa shape index (κ1) is 9.48. The number of nitrogens with zero attached hydrogens (tertiary/aromatic N) is 5. The molecule has 0 N–H and O–H groups in total. The van der Waals surface area contributed by atoms with E-state index in [0.717, 1.165) is 4.90 Å². The fraction of sp³-hybridized carbons (Fsp3) is 0.500. The molecule has 2 rings (SSSR count). The highest BCUT2D eigenvalue weighted by atomic mass is 35.5. The van der Waals surface area contributed by atoms with Crippen LogP contribution in [0, 0.1) is 10.1 Å². The second-order valence-electron chi connectivity index (χ2n) is 3.31. The summed E-state index contributed by atoms with van der Waals surface area (Å²) in [6, 6.07) is 0. The van der Waals surface area contributed by atoms with Crippen molar-refractivity contribution in [3.63, 3.8) is 0 Å². The zero-order valence-corrected chi connectivity index (χ0v) is 10.5. The van der Waals surface area contributed by atoms with E-state index in [-0.39, 0.29) is 26.0 Å². The Hall–Kier alpha value is -1.45. The van der Waals surface area contributed by atoms with Crippen molar-refractivity contribution in [1.29, 1.82) is 0 Å². The Morgan fingerprint density at radius 1 is 1.83 bits per heavy atom. The summed E-state index contributed by atoms with van der Waals surface area (Å²) in [6.45, 7) is -2.76.